The molecule has 3 heteroatoms. The van der Waals surface area contributed by atoms with Gasteiger partial charge in [0.15, 0.2) is 0 Å². The summed E-state index contributed by atoms with van der Waals surface area (Å²) >= 11 is 0. The maximum atomic E-state index is 12.7. The lowest BCUT2D eigenvalue weighted by Crippen LogP contribution is -2.23. The number of para-hydroxylation sites is 1. The molecule has 2 aromatic carbocycles. The van der Waals surface area contributed by atoms with E-state index in [1.807, 2.05) is 76.2 Å². The molecule has 0 N–H and O–H groups in total. The van der Waals surface area contributed by atoms with E-state index in [0.717, 1.165) is 17.0 Å². The van der Waals surface area contributed by atoms with E-state index < -0.39 is 0 Å². The Morgan fingerprint density at radius 3 is 2.27 bits per heavy atom. The van der Waals surface area contributed by atoms with Crippen molar-refractivity contribution in [1.29, 1.82) is 0 Å². The Morgan fingerprint density at radius 2 is 1.64 bits per heavy atom. The van der Waals surface area contributed by atoms with E-state index in [1.165, 1.54) is 5.56 Å². The summed E-state index contributed by atoms with van der Waals surface area (Å²) in [7, 11) is 0. The Hall–Kier alpha value is -2.42. The van der Waals surface area contributed by atoms with E-state index in [-0.39, 0.29) is 5.56 Å². The predicted molar refractivity (Wildman–Crippen MR) is 92.8 cm³/mol. The maximum Gasteiger partial charge on any atom is 0.265 e. The largest absolute Gasteiger partial charge is 0.268 e. The highest BCUT2D eigenvalue weighted by Crippen LogP contribution is 2.14. The molecule has 22 heavy (non-hydrogen) atoms. The van der Waals surface area contributed by atoms with Crippen LogP contribution >= 0.6 is 0 Å². The van der Waals surface area contributed by atoms with Crippen molar-refractivity contribution in [2.24, 2.45) is 0 Å². The van der Waals surface area contributed by atoms with Gasteiger partial charge in [0.2, 0.25) is 0 Å². The quantitative estimate of drug-likeness (QED) is 0.707. The van der Waals surface area contributed by atoms with Crippen molar-refractivity contribution in [2.75, 3.05) is 0 Å². The molecule has 1 aromatic heterocycles. The Kier molecular flexibility index (Phi) is 5.10. The Balaban J connectivity index is 0.000000847. The molecule has 0 spiro atoms. The number of hydrogen-bond acceptors (Lipinski definition) is 2. The standard InChI is InChI=1S/C17H16N2O.C2H6/c1-3-16-18-15-7-5-4-6-14(15)17(20)19(16)13-10-8-12(2)9-11-13;1-2/h4-11H,3H2,1-2H3;1-2H3. The number of rotatable bonds is 2. The van der Waals surface area contributed by atoms with Gasteiger partial charge in [0.1, 0.15) is 5.82 Å². The van der Waals surface area contributed by atoms with Crippen LogP contribution in [0.25, 0.3) is 16.6 Å². The van der Waals surface area contributed by atoms with Gasteiger partial charge in [0.05, 0.1) is 16.6 Å². The van der Waals surface area contributed by atoms with Gasteiger partial charge in [-0.3, -0.25) is 9.36 Å². The number of benzene rings is 2. The first-order chi connectivity index (χ1) is 10.7. The van der Waals surface area contributed by atoms with Gasteiger partial charge < -0.3 is 0 Å². The summed E-state index contributed by atoms with van der Waals surface area (Å²) in [6.07, 6.45) is 0.716. The summed E-state index contributed by atoms with van der Waals surface area (Å²) in [5, 5.41) is 0.658. The molecule has 0 aliphatic carbocycles. The Labute approximate surface area is 131 Å². The highest BCUT2D eigenvalue weighted by molar-refractivity contribution is 5.77. The van der Waals surface area contributed by atoms with Crippen molar-refractivity contribution in [3.8, 4) is 5.69 Å². The van der Waals surface area contributed by atoms with Crippen LogP contribution in [0.1, 0.15) is 32.2 Å². The third-order valence-corrected chi connectivity index (χ3v) is 3.45. The summed E-state index contributed by atoms with van der Waals surface area (Å²) in [6.45, 7) is 8.05. The summed E-state index contributed by atoms with van der Waals surface area (Å²) in [5.74, 6) is 0.789. The van der Waals surface area contributed by atoms with Crippen molar-refractivity contribution < 1.29 is 0 Å². The number of hydrogen-bond donors (Lipinski definition) is 0. The fourth-order valence-corrected chi connectivity index (χ4v) is 2.38. The second kappa shape index (κ2) is 7.03. The van der Waals surface area contributed by atoms with Crippen LogP contribution in [0.5, 0.6) is 0 Å². The topological polar surface area (TPSA) is 34.9 Å². The second-order valence-corrected chi connectivity index (χ2v) is 4.87. The van der Waals surface area contributed by atoms with Gasteiger partial charge in [0.25, 0.3) is 5.56 Å². The van der Waals surface area contributed by atoms with Gasteiger partial charge in [-0.05, 0) is 31.2 Å². The predicted octanol–water partition coefficient (Wildman–Crippen LogP) is 4.28. The molecule has 3 aromatic rings. The number of fused-ring (bicyclic) bond motifs is 1. The third-order valence-electron chi connectivity index (χ3n) is 3.45. The molecule has 0 saturated heterocycles. The molecular weight excluding hydrogens is 272 g/mol. The summed E-state index contributed by atoms with van der Waals surface area (Å²) in [6, 6.07) is 15.4. The molecule has 0 bridgehead atoms. The van der Waals surface area contributed by atoms with Crippen LogP contribution in [0, 0.1) is 6.92 Å². The molecule has 0 atom stereocenters. The molecular formula is C19H22N2O. The first-order valence-electron chi connectivity index (χ1n) is 7.78. The van der Waals surface area contributed by atoms with Crippen LogP contribution in [0.2, 0.25) is 0 Å². The SMILES string of the molecule is CC.CCc1nc2ccccc2c(=O)n1-c1ccc(C)cc1. The van der Waals surface area contributed by atoms with Crippen molar-refractivity contribution in [2.45, 2.75) is 34.1 Å². The molecule has 0 unspecified atom stereocenters. The summed E-state index contributed by atoms with van der Waals surface area (Å²) in [4.78, 5) is 17.3. The zero-order chi connectivity index (χ0) is 16.1. The fourth-order valence-electron chi connectivity index (χ4n) is 2.38. The van der Waals surface area contributed by atoms with Crippen molar-refractivity contribution in [1.82, 2.24) is 9.55 Å². The van der Waals surface area contributed by atoms with E-state index in [0.29, 0.717) is 11.8 Å². The first-order valence-corrected chi connectivity index (χ1v) is 7.78. The van der Waals surface area contributed by atoms with Crippen molar-refractivity contribution >= 4 is 10.9 Å². The molecule has 0 fully saturated rings. The van der Waals surface area contributed by atoms with E-state index in [1.54, 1.807) is 4.57 Å². The Morgan fingerprint density at radius 1 is 1.00 bits per heavy atom. The smallest absolute Gasteiger partial charge is 0.265 e. The minimum absolute atomic E-state index is 0.00342. The number of aryl methyl sites for hydroxylation is 2. The normalized spacial score (nSPS) is 10.2. The molecule has 3 nitrogen and oxygen atoms in total. The molecule has 1 heterocycles. The van der Waals surface area contributed by atoms with Gasteiger partial charge in [-0.2, -0.15) is 0 Å². The van der Waals surface area contributed by atoms with E-state index >= 15 is 0 Å². The van der Waals surface area contributed by atoms with Crippen LogP contribution in [0.4, 0.5) is 0 Å². The number of aromatic nitrogens is 2. The lowest BCUT2D eigenvalue weighted by molar-refractivity contribution is 0.833. The minimum atomic E-state index is -0.00342. The van der Waals surface area contributed by atoms with Crippen LogP contribution in [0.3, 0.4) is 0 Å². The van der Waals surface area contributed by atoms with E-state index in [9.17, 15) is 4.79 Å². The van der Waals surface area contributed by atoms with Crippen molar-refractivity contribution in [3.05, 3.63) is 70.3 Å². The van der Waals surface area contributed by atoms with Gasteiger partial charge in [-0.15, -0.1) is 0 Å². The highest BCUT2D eigenvalue weighted by Gasteiger charge is 2.10. The van der Waals surface area contributed by atoms with Crippen LogP contribution in [0.15, 0.2) is 53.3 Å². The third kappa shape index (κ3) is 2.93. The van der Waals surface area contributed by atoms with Crippen LogP contribution in [-0.2, 0) is 6.42 Å². The molecule has 0 aliphatic rings. The number of nitrogens with zero attached hydrogens (tertiary/aromatic N) is 2. The van der Waals surface area contributed by atoms with Gasteiger partial charge in [-0.25, -0.2) is 4.98 Å². The van der Waals surface area contributed by atoms with E-state index in [4.69, 9.17) is 0 Å². The van der Waals surface area contributed by atoms with Gasteiger partial charge >= 0.3 is 0 Å². The fraction of sp³-hybridized carbons (Fsp3) is 0.263. The van der Waals surface area contributed by atoms with Crippen LogP contribution < -0.4 is 5.56 Å². The minimum Gasteiger partial charge on any atom is -0.268 e. The van der Waals surface area contributed by atoms with Crippen LogP contribution in [-0.4, -0.2) is 9.55 Å². The zero-order valence-electron chi connectivity index (χ0n) is 13.6. The zero-order valence-corrected chi connectivity index (χ0v) is 13.6. The molecule has 0 radical (unpaired) electrons. The molecule has 0 amide bonds. The lowest BCUT2D eigenvalue weighted by Gasteiger charge is -2.12. The maximum absolute atomic E-state index is 12.7. The molecule has 114 valence electrons. The second-order valence-electron chi connectivity index (χ2n) is 4.87. The molecule has 0 saturated carbocycles. The average Bonchev–Trinajstić information content (AvgIpc) is 2.58. The summed E-state index contributed by atoms with van der Waals surface area (Å²) < 4.78 is 1.71. The van der Waals surface area contributed by atoms with Crippen molar-refractivity contribution in [3.63, 3.8) is 0 Å². The Bertz CT molecular complexity index is 817. The van der Waals surface area contributed by atoms with Gasteiger partial charge in [-0.1, -0.05) is 50.6 Å². The lowest BCUT2D eigenvalue weighted by atomic mass is 10.2. The summed E-state index contributed by atoms with van der Waals surface area (Å²) in [5.41, 5.74) is 2.80. The van der Waals surface area contributed by atoms with E-state index in [2.05, 4.69) is 4.98 Å². The highest BCUT2D eigenvalue weighted by atomic mass is 16.1. The first kappa shape index (κ1) is 16.0. The molecule has 3 rings (SSSR count). The molecule has 0 aliphatic heterocycles. The average molecular weight is 294 g/mol. The monoisotopic (exact) mass is 294 g/mol. The van der Waals surface area contributed by atoms with Gasteiger partial charge in [0, 0.05) is 6.42 Å².